The molecule has 0 aromatic heterocycles. The van der Waals surface area contributed by atoms with Crippen molar-refractivity contribution in [2.45, 2.75) is 32.6 Å². The molecule has 110 valence electrons. The zero-order valence-corrected chi connectivity index (χ0v) is 11.3. The van der Waals surface area contributed by atoms with Gasteiger partial charge in [-0.25, -0.2) is 9.59 Å². The van der Waals surface area contributed by atoms with Crippen molar-refractivity contribution < 1.29 is 29.5 Å². The third-order valence-corrected chi connectivity index (χ3v) is 2.67. The molecule has 6 heteroatoms. The summed E-state index contributed by atoms with van der Waals surface area (Å²) in [5.74, 6) is -1.83. The van der Waals surface area contributed by atoms with Gasteiger partial charge in [-0.15, -0.1) is 0 Å². The summed E-state index contributed by atoms with van der Waals surface area (Å²) in [5, 5.41) is 8.36. The van der Waals surface area contributed by atoms with Crippen molar-refractivity contribution in [3.05, 3.63) is 35.4 Å². The SMILES string of the molecule is CCCCCCOOC(=O)c1ccccc1C(=O)OO. The van der Waals surface area contributed by atoms with Gasteiger partial charge in [-0.3, -0.25) is 9.78 Å². The highest BCUT2D eigenvalue weighted by molar-refractivity contribution is 6.02. The van der Waals surface area contributed by atoms with E-state index in [2.05, 4.69) is 16.7 Å². The molecule has 6 nitrogen and oxygen atoms in total. The van der Waals surface area contributed by atoms with Crippen LogP contribution >= 0.6 is 0 Å². The van der Waals surface area contributed by atoms with E-state index in [-0.39, 0.29) is 11.1 Å². The van der Waals surface area contributed by atoms with Crippen molar-refractivity contribution in [3.63, 3.8) is 0 Å². The maximum absolute atomic E-state index is 11.7. The van der Waals surface area contributed by atoms with Crippen LogP contribution in [0.2, 0.25) is 0 Å². The van der Waals surface area contributed by atoms with Gasteiger partial charge in [0.15, 0.2) is 0 Å². The van der Waals surface area contributed by atoms with E-state index in [4.69, 9.17) is 10.1 Å². The molecule has 0 saturated carbocycles. The summed E-state index contributed by atoms with van der Waals surface area (Å²) < 4.78 is 0. The lowest BCUT2D eigenvalue weighted by molar-refractivity contribution is -0.241. The summed E-state index contributed by atoms with van der Waals surface area (Å²) in [4.78, 5) is 36.0. The molecule has 0 atom stereocenters. The summed E-state index contributed by atoms with van der Waals surface area (Å²) in [6.45, 7) is 2.40. The van der Waals surface area contributed by atoms with Crippen molar-refractivity contribution >= 4 is 11.9 Å². The van der Waals surface area contributed by atoms with Crippen molar-refractivity contribution in [1.82, 2.24) is 0 Å². The van der Waals surface area contributed by atoms with Gasteiger partial charge in [0, 0.05) is 0 Å². The number of hydrogen-bond acceptors (Lipinski definition) is 6. The highest BCUT2D eigenvalue weighted by Gasteiger charge is 2.19. The van der Waals surface area contributed by atoms with E-state index in [0.29, 0.717) is 6.61 Å². The Labute approximate surface area is 117 Å². The highest BCUT2D eigenvalue weighted by Crippen LogP contribution is 2.12. The van der Waals surface area contributed by atoms with E-state index in [1.807, 2.05) is 0 Å². The Hall–Kier alpha value is -1.92. The Morgan fingerprint density at radius 1 is 1.05 bits per heavy atom. The van der Waals surface area contributed by atoms with Gasteiger partial charge in [0.05, 0.1) is 17.7 Å². The van der Waals surface area contributed by atoms with Crippen LogP contribution in [0.4, 0.5) is 0 Å². The molecule has 0 aliphatic heterocycles. The van der Waals surface area contributed by atoms with Gasteiger partial charge in [0.2, 0.25) is 0 Å². The van der Waals surface area contributed by atoms with Crippen molar-refractivity contribution in [1.29, 1.82) is 0 Å². The molecule has 1 aromatic carbocycles. The second kappa shape index (κ2) is 9.06. The van der Waals surface area contributed by atoms with Crippen molar-refractivity contribution in [3.8, 4) is 0 Å². The first-order chi connectivity index (χ1) is 9.70. The van der Waals surface area contributed by atoms with E-state index in [9.17, 15) is 9.59 Å². The van der Waals surface area contributed by atoms with Gasteiger partial charge >= 0.3 is 11.9 Å². The minimum atomic E-state index is -1.03. The summed E-state index contributed by atoms with van der Waals surface area (Å²) in [6, 6.07) is 5.83. The van der Waals surface area contributed by atoms with E-state index in [0.717, 1.165) is 25.7 Å². The van der Waals surface area contributed by atoms with Gasteiger partial charge in [-0.2, -0.15) is 10.1 Å². The second-order valence-corrected chi connectivity index (χ2v) is 4.18. The van der Waals surface area contributed by atoms with E-state index < -0.39 is 11.9 Å². The lowest BCUT2D eigenvalue weighted by atomic mass is 10.1. The van der Waals surface area contributed by atoms with Gasteiger partial charge in [-0.05, 0) is 18.6 Å². The lowest BCUT2D eigenvalue weighted by Crippen LogP contribution is -2.13. The molecule has 0 heterocycles. The highest BCUT2D eigenvalue weighted by atomic mass is 17.2. The number of unbranched alkanes of at least 4 members (excludes halogenated alkanes) is 3. The second-order valence-electron chi connectivity index (χ2n) is 4.18. The molecular formula is C14H18O6. The van der Waals surface area contributed by atoms with Crippen LogP contribution in [-0.2, 0) is 14.7 Å². The summed E-state index contributed by atoms with van der Waals surface area (Å²) in [7, 11) is 0. The van der Waals surface area contributed by atoms with Crippen LogP contribution in [0.5, 0.6) is 0 Å². The fraction of sp³-hybridized carbons (Fsp3) is 0.429. The quantitative estimate of drug-likeness (QED) is 0.448. The van der Waals surface area contributed by atoms with E-state index >= 15 is 0 Å². The summed E-state index contributed by atoms with van der Waals surface area (Å²) in [6.07, 6.45) is 4.00. The van der Waals surface area contributed by atoms with Crippen molar-refractivity contribution in [2.75, 3.05) is 6.61 Å². The zero-order chi connectivity index (χ0) is 14.8. The number of hydrogen-bond donors (Lipinski definition) is 1. The van der Waals surface area contributed by atoms with E-state index in [1.165, 1.54) is 18.2 Å². The van der Waals surface area contributed by atoms with E-state index in [1.54, 1.807) is 6.07 Å². The predicted octanol–water partition coefficient (Wildman–Crippen LogP) is 2.99. The molecule has 1 N–H and O–H groups in total. The molecular weight excluding hydrogens is 264 g/mol. The van der Waals surface area contributed by atoms with Crippen LogP contribution in [0.1, 0.15) is 53.3 Å². The largest absolute Gasteiger partial charge is 0.373 e. The molecule has 1 aromatic rings. The third-order valence-electron chi connectivity index (χ3n) is 2.67. The number of carbonyl (C=O) groups excluding carboxylic acids is 2. The monoisotopic (exact) mass is 282 g/mol. The van der Waals surface area contributed by atoms with Gasteiger partial charge in [-0.1, -0.05) is 38.3 Å². The molecule has 1 rings (SSSR count). The van der Waals surface area contributed by atoms with Crippen LogP contribution in [-0.4, -0.2) is 23.8 Å². The standard InChI is InChI=1S/C14H18O6/c1-2-3-4-7-10-18-20-14(16)12-9-6-5-8-11(12)13(15)19-17/h5-6,8-9,17H,2-4,7,10H2,1H3. The molecule has 0 fully saturated rings. The first-order valence-corrected chi connectivity index (χ1v) is 6.49. The molecule has 0 spiro atoms. The molecule has 0 amide bonds. The van der Waals surface area contributed by atoms with Gasteiger partial charge in [0.25, 0.3) is 0 Å². The fourth-order valence-corrected chi connectivity index (χ4v) is 1.62. The number of rotatable bonds is 8. The number of benzene rings is 1. The summed E-state index contributed by atoms with van der Waals surface area (Å²) in [5.41, 5.74) is -0.116. The minimum absolute atomic E-state index is 0.0277. The smallest absolute Gasteiger partial charge is 0.295 e. The molecule has 0 unspecified atom stereocenters. The Morgan fingerprint density at radius 2 is 1.70 bits per heavy atom. The molecule has 0 saturated heterocycles. The first kappa shape index (κ1) is 16.1. The normalized spacial score (nSPS) is 10.1. The van der Waals surface area contributed by atoms with Crippen LogP contribution in [0.25, 0.3) is 0 Å². The Balaban J connectivity index is 2.49. The fourth-order valence-electron chi connectivity index (χ4n) is 1.62. The van der Waals surface area contributed by atoms with Crippen LogP contribution in [0.3, 0.4) is 0 Å². The first-order valence-electron chi connectivity index (χ1n) is 6.49. The van der Waals surface area contributed by atoms with Crippen LogP contribution in [0.15, 0.2) is 24.3 Å². The molecule has 0 radical (unpaired) electrons. The maximum atomic E-state index is 11.7. The number of carbonyl (C=O) groups is 2. The Kier molecular flexibility index (Phi) is 7.31. The topological polar surface area (TPSA) is 82.1 Å². The minimum Gasteiger partial charge on any atom is -0.295 e. The Morgan fingerprint density at radius 3 is 2.30 bits per heavy atom. The average Bonchev–Trinajstić information content (AvgIpc) is 2.49. The predicted molar refractivity (Wildman–Crippen MR) is 70.0 cm³/mol. The average molecular weight is 282 g/mol. The lowest BCUT2D eigenvalue weighted by Gasteiger charge is -2.06. The Bertz CT molecular complexity index is 443. The van der Waals surface area contributed by atoms with Crippen molar-refractivity contribution in [2.24, 2.45) is 0 Å². The van der Waals surface area contributed by atoms with Crippen LogP contribution in [0, 0.1) is 0 Å². The van der Waals surface area contributed by atoms with Gasteiger partial charge < -0.3 is 0 Å². The maximum Gasteiger partial charge on any atom is 0.373 e. The zero-order valence-electron chi connectivity index (χ0n) is 11.3. The van der Waals surface area contributed by atoms with Crippen LogP contribution < -0.4 is 0 Å². The molecule has 20 heavy (non-hydrogen) atoms. The molecule has 0 bridgehead atoms. The van der Waals surface area contributed by atoms with Gasteiger partial charge in [0.1, 0.15) is 0 Å². The summed E-state index contributed by atoms with van der Waals surface area (Å²) >= 11 is 0. The third kappa shape index (κ3) is 4.99. The molecule has 0 aliphatic rings. The molecule has 0 aliphatic carbocycles.